The first-order chi connectivity index (χ1) is 13.1. The van der Waals surface area contributed by atoms with Gasteiger partial charge in [-0.05, 0) is 57.4 Å². The molecule has 1 saturated carbocycles. The Balaban J connectivity index is 1.81. The molecule has 9 heteroatoms. The van der Waals surface area contributed by atoms with Gasteiger partial charge in [-0.15, -0.1) is 0 Å². The Labute approximate surface area is 164 Å². The highest BCUT2D eigenvalue weighted by atomic mass is 32.2. The largest absolute Gasteiger partial charge is 0.384 e. The van der Waals surface area contributed by atoms with Gasteiger partial charge < -0.3 is 16.4 Å². The van der Waals surface area contributed by atoms with Crippen molar-refractivity contribution < 1.29 is 13.2 Å². The number of aromatic nitrogens is 2. The van der Waals surface area contributed by atoms with E-state index >= 15 is 0 Å². The van der Waals surface area contributed by atoms with Gasteiger partial charge in [0.1, 0.15) is 10.6 Å². The van der Waals surface area contributed by atoms with Gasteiger partial charge in [0.15, 0.2) is 15.7 Å². The molecule has 1 aromatic carbocycles. The van der Waals surface area contributed by atoms with E-state index in [0.29, 0.717) is 22.8 Å². The number of carbonyl (C=O) groups excluding carboxylic acids is 1. The monoisotopic (exact) mass is 403 g/mol. The summed E-state index contributed by atoms with van der Waals surface area (Å²) in [6.07, 6.45) is 4.36. The Morgan fingerprint density at radius 1 is 1.18 bits per heavy atom. The van der Waals surface area contributed by atoms with Crippen LogP contribution in [0.1, 0.15) is 38.8 Å². The number of sulfone groups is 1. The van der Waals surface area contributed by atoms with E-state index in [1.54, 1.807) is 38.1 Å². The number of anilines is 2. The SMILES string of the molecule is CC(C)(c1cc(N)nc(-c2ccc(NC(=O)NC3CCC3)cc2)n1)S(C)(=O)=O. The first-order valence-electron chi connectivity index (χ1n) is 9.09. The smallest absolute Gasteiger partial charge is 0.319 e. The highest BCUT2D eigenvalue weighted by Gasteiger charge is 2.34. The molecule has 1 aliphatic carbocycles. The highest BCUT2D eigenvalue weighted by Crippen LogP contribution is 2.30. The molecule has 0 unspecified atom stereocenters. The summed E-state index contributed by atoms with van der Waals surface area (Å²) in [5.41, 5.74) is 7.53. The van der Waals surface area contributed by atoms with Crippen LogP contribution in [-0.4, -0.2) is 36.7 Å². The quantitative estimate of drug-likeness (QED) is 0.704. The molecule has 0 aliphatic heterocycles. The third kappa shape index (κ3) is 4.24. The number of nitrogen functional groups attached to an aromatic ring is 1. The molecule has 0 bridgehead atoms. The fraction of sp³-hybridized carbons (Fsp3) is 0.421. The molecule has 3 rings (SSSR count). The van der Waals surface area contributed by atoms with Crippen molar-refractivity contribution in [1.82, 2.24) is 15.3 Å². The van der Waals surface area contributed by atoms with Gasteiger partial charge in [-0.1, -0.05) is 0 Å². The zero-order valence-corrected chi connectivity index (χ0v) is 17.0. The van der Waals surface area contributed by atoms with E-state index in [0.717, 1.165) is 19.3 Å². The minimum Gasteiger partial charge on any atom is -0.384 e. The minimum atomic E-state index is -3.40. The molecule has 1 fully saturated rings. The standard InChI is InChI=1S/C19H25N5O3S/c1-19(2,28(3,26)27)15-11-16(20)24-17(23-15)12-7-9-14(10-8-12)22-18(25)21-13-5-4-6-13/h7-11,13H,4-6H2,1-3H3,(H2,20,23,24)(H2,21,22,25). The van der Waals surface area contributed by atoms with Crippen molar-refractivity contribution in [1.29, 1.82) is 0 Å². The summed E-state index contributed by atoms with van der Waals surface area (Å²) in [5.74, 6) is 0.524. The van der Waals surface area contributed by atoms with Crippen molar-refractivity contribution in [3.63, 3.8) is 0 Å². The fourth-order valence-electron chi connectivity index (χ4n) is 2.70. The average molecular weight is 404 g/mol. The van der Waals surface area contributed by atoms with Crippen LogP contribution in [0.3, 0.4) is 0 Å². The van der Waals surface area contributed by atoms with Gasteiger partial charge in [0, 0.05) is 29.6 Å². The molecule has 0 atom stereocenters. The lowest BCUT2D eigenvalue weighted by Crippen LogP contribution is -2.41. The summed E-state index contributed by atoms with van der Waals surface area (Å²) in [6.45, 7) is 3.17. The molecule has 0 spiro atoms. The number of hydrogen-bond donors (Lipinski definition) is 3. The van der Waals surface area contributed by atoms with Gasteiger partial charge in [0.2, 0.25) is 0 Å². The topological polar surface area (TPSA) is 127 Å². The number of nitrogens with one attached hydrogen (secondary N) is 2. The van der Waals surface area contributed by atoms with Crippen LogP contribution in [0, 0.1) is 0 Å². The van der Waals surface area contributed by atoms with E-state index in [4.69, 9.17) is 5.73 Å². The maximum Gasteiger partial charge on any atom is 0.319 e. The number of carbonyl (C=O) groups is 1. The molecule has 2 amide bonds. The molecule has 1 aromatic heterocycles. The van der Waals surface area contributed by atoms with Gasteiger partial charge in [0.05, 0.1) is 5.69 Å². The molecule has 28 heavy (non-hydrogen) atoms. The number of hydrogen-bond acceptors (Lipinski definition) is 6. The molecule has 8 nitrogen and oxygen atoms in total. The summed E-state index contributed by atoms with van der Waals surface area (Å²) < 4.78 is 23.0. The molecule has 0 saturated heterocycles. The number of nitrogens with zero attached hydrogens (tertiary/aromatic N) is 2. The Morgan fingerprint density at radius 2 is 1.82 bits per heavy atom. The van der Waals surface area contributed by atoms with E-state index in [2.05, 4.69) is 20.6 Å². The van der Waals surface area contributed by atoms with Crippen molar-refractivity contribution in [3.05, 3.63) is 36.0 Å². The van der Waals surface area contributed by atoms with Crippen molar-refractivity contribution in [2.75, 3.05) is 17.3 Å². The van der Waals surface area contributed by atoms with Crippen LogP contribution < -0.4 is 16.4 Å². The molecule has 4 N–H and O–H groups in total. The number of urea groups is 1. The maximum absolute atomic E-state index is 12.1. The summed E-state index contributed by atoms with van der Waals surface area (Å²) in [4.78, 5) is 20.6. The zero-order chi connectivity index (χ0) is 20.5. The van der Waals surface area contributed by atoms with Gasteiger partial charge in [-0.2, -0.15) is 0 Å². The predicted molar refractivity (Wildman–Crippen MR) is 110 cm³/mol. The molecule has 1 aliphatic rings. The van der Waals surface area contributed by atoms with Crippen molar-refractivity contribution in [2.24, 2.45) is 0 Å². The lowest BCUT2D eigenvalue weighted by Gasteiger charge is -2.26. The molecule has 0 radical (unpaired) electrons. The Kier molecular flexibility index (Phi) is 5.29. The number of nitrogens with two attached hydrogens (primary N) is 1. The summed E-state index contributed by atoms with van der Waals surface area (Å²) in [5, 5.41) is 5.70. The predicted octanol–water partition coefficient (Wildman–Crippen LogP) is 2.68. The van der Waals surface area contributed by atoms with E-state index in [9.17, 15) is 13.2 Å². The first kappa shape index (κ1) is 20.1. The van der Waals surface area contributed by atoms with Crippen LogP contribution in [0.5, 0.6) is 0 Å². The van der Waals surface area contributed by atoms with Gasteiger partial charge in [-0.3, -0.25) is 0 Å². The van der Waals surface area contributed by atoms with Gasteiger partial charge in [0.25, 0.3) is 0 Å². The third-order valence-corrected chi connectivity index (χ3v) is 7.19. The van der Waals surface area contributed by atoms with Crippen molar-refractivity contribution in [3.8, 4) is 11.4 Å². The van der Waals surface area contributed by atoms with Gasteiger partial charge in [-0.25, -0.2) is 23.2 Å². The first-order valence-corrected chi connectivity index (χ1v) is 11.0. The van der Waals surface area contributed by atoms with Crippen LogP contribution in [0.2, 0.25) is 0 Å². The van der Waals surface area contributed by atoms with E-state index < -0.39 is 14.6 Å². The van der Waals surface area contributed by atoms with E-state index in [1.807, 2.05) is 0 Å². The van der Waals surface area contributed by atoms with E-state index in [-0.39, 0.29) is 17.9 Å². The maximum atomic E-state index is 12.1. The van der Waals surface area contributed by atoms with Crippen LogP contribution in [-0.2, 0) is 14.6 Å². The average Bonchev–Trinajstić information content (AvgIpc) is 2.57. The minimum absolute atomic E-state index is 0.193. The van der Waals surface area contributed by atoms with Gasteiger partial charge >= 0.3 is 6.03 Å². The number of amides is 2. The summed E-state index contributed by atoms with van der Waals surface area (Å²) in [6, 6.07) is 8.50. The van der Waals surface area contributed by atoms with Crippen molar-refractivity contribution in [2.45, 2.75) is 43.9 Å². The third-order valence-electron chi connectivity index (χ3n) is 5.13. The zero-order valence-electron chi connectivity index (χ0n) is 16.2. The Hall–Kier alpha value is -2.68. The second-order valence-corrected chi connectivity index (χ2v) is 10.2. The van der Waals surface area contributed by atoms with Crippen LogP contribution >= 0.6 is 0 Å². The molecule has 150 valence electrons. The molecular weight excluding hydrogens is 378 g/mol. The second kappa shape index (κ2) is 7.38. The fourth-order valence-corrected chi connectivity index (χ4v) is 3.19. The molecule has 2 aromatic rings. The normalized spacial score (nSPS) is 15.0. The lowest BCUT2D eigenvalue weighted by molar-refractivity contribution is 0.240. The Bertz CT molecular complexity index is 983. The lowest BCUT2D eigenvalue weighted by atomic mass is 9.93. The second-order valence-electron chi connectivity index (χ2n) is 7.59. The molecular formula is C19H25N5O3S. The Morgan fingerprint density at radius 3 is 2.36 bits per heavy atom. The molecule has 1 heterocycles. The van der Waals surface area contributed by atoms with Crippen LogP contribution in [0.4, 0.5) is 16.3 Å². The van der Waals surface area contributed by atoms with Crippen LogP contribution in [0.15, 0.2) is 30.3 Å². The van der Waals surface area contributed by atoms with E-state index in [1.165, 1.54) is 12.3 Å². The number of rotatable bonds is 5. The highest BCUT2D eigenvalue weighted by molar-refractivity contribution is 7.91. The summed E-state index contributed by atoms with van der Waals surface area (Å²) in [7, 11) is -3.40. The number of benzene rings is 1. The van der Waals surface area contributed by atoms with Crippen molar-refractivity contribution >= 4 is 27.4 Å². The summed E-state index contributed by atoms with van der Waals surface area (Å²) >= 11 is 0. The van der Waals surface area contributed by atoms with Crippen LogP contribution in [0.25, 0.3) is 11.4 Å².